The van der Waals surface area contributed by atoms with Crippen molar-refractivity contribution in [2.24, 2.45) is 4.99 Å². The molecular weight excluding hydrogens is 368 g/mol. The highest BCUT2D eigenvalue weighted by Gasteiger charge is 2.30. The van der Waals surface area contributed by atoms with Crippen LogP contribution in [0.15, 0.2) is 58.4 Å². The number of benzene rings is 2. The fourth-order valence-electron chi connectivity index (χ4n) is 2.64. The Kier molecular flexibility index (Phi) is 5.09. The zero-order chi connectivity index (χ0) is 19.6. The number of carbonyl (C=O) groups is 2. The minimum atomic E-state index is -3.67. The van der Waals surface area contributed by atoms with Crippen LogP contribution in [0.4, 0.5) is 0 Å². The van der Waals surface area contributed by atoms with E-state index >= 15 is 0 Å². The third kappa shape index (κ3) is 4.06. The zero-order valence-corrected chi connectivity index (χ0v) is 15.6. The van der Waals surface area contributed by atoms with E-state index in [1.165, 1.54) is 13.0 Å². The highest BCUT2D eigenvalue weighted by Crippen LogP contribution is 2.22. The number of nitrogens with zero attached hydrogens (tertiary/aromatic N) is 1. The Labute approximate surface area is 157 Å². The molecule has 3 rings (SSSR count). The summed E-state index contributed by atoms with van der Waals surface area (Å²) in [5.41, 5.74) is 1.87. The van der Waals surface area contributed by atoms with Crippen LogP contribution in [0, 0.1) is 6.92 Å². The molecule has 8 heteroatoms. The number of carbonyl (C=O) groups excluding carboxylic acids is 2. The van der Waals surface area contributed by atoms with Gasteiger partial charge in [0.05, 0.1) is 4.90 Å². The van der Waals surface area contributed by atoms with Gasteiger partial charge in [0.25, 0.3) is 10.0 Å². The van der Waals surface area contributed by atoms with E-state index in [1.807, 2.05) is 6.92 Å². The van der Waals surface area contributed by atoms with Crippen LogP contribution in [0.25, 0.3) is 0 Å². The second kappa shape index (κ2) is 7.32. The molecule has 1 aliphatic heterocycles. The monoisotopic (exact) mass is 386 g/mol. The summed E-state index contributed by atoms with van der Waals surface area (Å²) in [6.45, 7) is 2.99. The maximum absolute atomic E-state index is 12.3. The average molecular weight is 386 g/mol. The molecule has 1 atom stereocenters. The van der Waals surface area contributed by atoms with Crippen LogP contribution in [0.1, 0.15) is 28.4 Å². The van der Waals surface area contributed by atoms with Gasteiger partial charge in [-0.1, -0.05) is 42.0 Å². The van der Waals surface area contributed by atoms with Crippen molar-refractivity contribution in [1.29, 1.82) is 0 Å². The number of ether oxygens (including phenoxy) is 1. The second-order valence-electron chi connectivity index (χ2n) is 6.13. The minimum Gasteiger partial charge on any atom is -0.453 e. The summed E-state index contributed by atoms with van der Waals surface area (Å²) in [6.07, 6.45) is -0.965. The molecule has 0 fully saturated rings. The van der Waals surface area contributed by atoms with Crippen LogP contribution < -0.4 is 4.72 Å². The van der Waals surface area contributed by atoms with Gasteiger partial charge in [0.2, 0.25) is 5.78 Å². The number of rotatable bonds is 5. The maximum atomic E-state index is 12.3. The second-order valence-corrected chi connectivity index (χ2v) is 7.78. The molecule has 140 valence electrons. The van der Waals surface area contributed by atoms with E-state index in [-0.39, 0.29) is 16.5 Å². The molecule has 0 bridgehead atoms. The molecule has 1 N–H and O–H groups in total. The molecule has 7 nitrogen and oxygen atoms in total. The number of sulfonamides is 1. The summed E-state index contributed by atoms with van der Waals surface area (Å²) in [5, 5.41) is 0. The van der Waals surface area contributed by atoms with E-state index in [4.69, 9.17) is 4.74 Å². The summed E-state index contributed by atoms with van der Waals surface area (Å²) >= 11 is 0. The molecule has 2 aromatic carbocycles. The largest absolute Gasteiger partial charge is 0.453 e. The van der Waals surface area contributed by atoms with E-state index in [0.29, 0.717) is 11.1 Å². The number of aliphatic imine (C=N–C) groups is 1. The number of nitrogens with one attached hydrogen (secondary N) is 1. The molecule has 2 aromatic rings. The van der Waals surface area contributed by atoms with Gasteiger partial charge in [-0.2, -0.15) is 0 Å². The maximum Gasteiger partial charge on any atom is 0.328 e. The van der Waals surface area contributed by atoms with Crippen LogP contribution in [0.5, 0.6) is 0 Å². The summed E-state index contributed by atoms with van der Waals surface area (Å²) in [7, 11) is -3.67. The quantitative estimate of drug-likeness (QED) is 0.624. The average Bonchev–Trinajstić information content (AvgIpc) is 2.91. The molecule has 0 amide bonds. The highest BCUT2D eigenvalue weighted by molar-refractivity contribution is 7.90. The van der Waals surface area contributed by atoms with Gasteiger partial charge < -0.3 is 4.74 Å². The predicted molar refractivity (Wildman–Crippen MR) is 99.2 cm³/mol. The Morgan fingerprint density at radius 3 is 2.48 bits per heavy atom. The van der Waals surface area contributed by atoms with Gasteiger partial charge in [0, 0.05) is 11.1 Å². The number of hydrogen-bond donors (Lipinski definition) is 1. The third-order valence-electron chi connectivity index (χ3n) is 4.04. The first-order chi connectivity index (χ1) is 12.8. The van der Waals surface area contributed by atoms with Crippen molar-refractivity contribution >= 4 is 27.6 Å². The number of Topliss-reactive ketones (excluding diaryl/α,β-unsaturated/α-hetero) is 1. The Hall–Kier alpha value is -3.00. The topological polar surface area (TPSA) is 102 Å². The molecule has 1 aliphatic rings. The van der Waals surface area contributed by atoms with Gasteiger partial charge >= 0.3 is 5.97 Å². The standard InChI is InChI=1S/C19H18N2O5S/c1-12-7-9-14(10-8-12)18(23)13(2)26-17(22)11-20-19-15-5-3-4-6-16(15)27(24,25)21-19/h3-10,13H,11H2,1-2H3,(H,20,21)/t13-/m0/s1. The Bertz CT molecular complexity index is 1030. The predicted octanol–water partition coefficient (Wildman–Crippen LogP) is 1.85. The molecule has 0 aromatic heterocycles. The fourth-order valence-corrected chi connectivity index (χ4v) is 3.89. The van der Waals surface area contributed by atoms with E-state index in [1.54, 1.807) is 42.5 Å². The molecule has 0 saturated carbocycles. The van der Waals surface area contributed by atoms with Crippen molar-refractivity contribution in [3.63, 3.8) is 0 Å². The third-order valence-corrected chi connectivity index (χ3v) is 5.44. The Balaban J connectivity index is 1.65. The molecule has 0 radical (unpaired) electrons. The van der Waals surface area contributed by atoms with Crippen molar-refractivity contribution < 1.29 is 22.7 Å². The molecule has 0 unspecified atom stereocenters. The first-order valence-corrected chi connectivity index (χ1v) is 9.73. The number of esters is 1. The van der Waals surface area contributed by atoms with E-state index in [2.05, 4.69) is 9.71 Å². The minimum absolute atomic E-state index is 0.0834. The lowest BCUT2D eigenvalue weighted by atomic mass is 10.1. The fraction of sp³-hybridized carbons (Fsp3) is 0.211. The Morgan fingerprint density at radius 2 is 1.78 bits per heavy atom. The van der Waals surface area contributed by atoms with Crippen molar-refractivity contribution in [3.05, 3.63) is 65.2 Å². The molecular formula is C19H18N2O5S. The lowest BCUT2D eigenvalue weighted by Crippen LogP contribution is -2.27. The Morgan fingerprint density at radius 1 is 1.11 bits per heavy atom. The first kappa shape index (κ1) is 18.8. The number of hydrogen-bond acceptors (Lipinski definition) is 6. The van der Waals surface area contributed by atoms with Crippen molar-refractivity contribution in [2.75, 3.05) is 6.54 Å². The van der Waals surface area contributed by atoms with Crippen molar-refractivity contribution in [3.8, 4) is 0 Å². The number of amidine groups is 1. The van der Waals surface area contributed by atoms with Gasteiger partial charge in [-0.3, -0.25) is 19.3 Å². The molecule has 1 heterocycles. The van der Waals surface area contributed by atoms with Crippen molar-refractivity contribution in [2.45, 2.75) is 24.8 Å². The number of ketones is 1. The van der Waals surface area contributed by atoms with E-state index in [9.17, 15) is 18.0 Å². The molecule has 0 saturated heterocycles. The van der Waals surface area contributed by atoms with Gasteiger partial charge in [0.1, 0.15) is 12.4 Å². The zero-order valence-electron chi connectivity index (χ0n) is 14.8. The van der Waals surface area contributed by atoms with Crippen LogP contribution in [-0.2, 0) is 19.6 Å². The summed E-state index contributed by atoms with van der Waals surface area (Å²) in [5.74, 6) is -0.956. The number of fused-ring (bicyclic) bond motifs is 1. The summed E-state index contributed by atoms with van der Waals surface area (Å²) in [4.78, 5) is 28.4. The first-order valence-electron chi connectivity index (χ1n) is 8.25. The van der Waals surface area contributed by atoms with E-state index < -0.39 is 28.6 Å². The van der Waals surface area contributed by atoms with Crippen LogP contribution in [-0.4, -0.2) is 38.7 Å². The lowest BCUT2D eigenvalue weighted by molar-refractivity contribution is -0.144. The normalized spacial score (nSPS) is 17.0. The van der Waals surface area contributed by atoms with Crippen LogP contribution >= 0.6 is 0 Å². The van der Waals surface area contributed by atoms with Gasteiger partial charge in [-0.15, -0.1) is 0 Å². The van der Waals surface area contributed by atoms with Crippen LogP contribution in [0.3, 0.4) is 0 Å². The molecule has 0 aliphatic carbocycles. The van der Waals surface area contributed by atoms with Crippen LogP contribution in [0.2, 0.25) is 0 Å². The smallest absolute Gasteiger partial charge is 0.328 e. The molecule has 27 heavy (non-hydrogen) atoms. The summed E-state index contributed by atoms with van der Waals surface area (Å²) in [6, 6.07) is 13.3. The summed E-state index contributed by atoms with van der Waals surface area (Å²) < 4.78 is 31.4. The van der Waals surface area contributed by atoms with Gasteiger partial charge in [0.15, 0.2) is 6.10 Å². The highest BCUT2D eigenvalue weighted by atomic mass is 32.2. The van der Waals surface area contributed by atoms with Crippen molar-refractivity contribution in [1.82, 2.24) is 4.72 Å². The SMILES string of the molecule is Cc1ccc(C(=O)[C@H](C)OC(=O)CN=C2NS(=O)(=O)c3ccccc32)cc1. The molecule has 0 spiro atoms. The lowest BCUT2D eigenvalue weighted by Gasteiger charge is -2.11. The van der Waals surface area contributed by atoms with E-state index in [0.717, 1.165) is 5.56 Å². The van der Waals surface area contributed by atoms with Gasteiger partial charge in [-0.05, 0) is 26.0 Å². The van der Waals surface area contributed by atoms with Gasteiger partial charge in [-0.25, -0.2) is 8.42 Å². The number of aryl methyl sites for hydroxylation is 1.